The molecule has 1 aromatic rings. The van der Waals surface area contributed by atoms with E-state index in [2.05, 4.69) is 11.3 Å². The van der Waals surface area contributed by atoms with Gasteiger partial charge < -0.3 is 4.74 Å². The van der Waals surface area contributed by atoms with Gasteiger partial charge in [-0.15, -0.1) is 0 Å². The summed E-state index contributed by atoms with van der Waals surface area (Å²) >= 11 is 0. The van der Waals surface area contributed by atoms with Crippen LogP contribution in [0.1, 0.15) is 10.4 Å². The Kier molecular flexibility index (Phi) is 3.18. The first-order chi connectivity index (χ1) is 6.66. The zero-order valence-electron chi connectivity index (χ0n) is 7.82. The van der Waals surface area contributed by atoms with E-state index in [9.17, 15) is 9.59 Å². The highest BCUT2D eigenvalue weighted by Gasteiger charge is 2.17. The number of benzene rings is 1. The molecule has 3 nitrogen and oxygen atoms in total. The summed E-state index contributed by atoms with van der Waals surface area (Å²) in [5, 5.41) is 0. The highest BCUT2D eigenvalue weighted by atomic mass is 16.5. The summed E-state index contributed by atoms with van der Waals surface area (Å²) in [4.78, 5) is 22.5. The molecule has 0 fully saturated rings. The van der Waals surface area contributed by atoms with Crippen molar-refractivity contribution in [3.8, 4) is 0 Å². The Balaban J connectivity index is 2.87. The van der Waals surface area contributed by atoms with Crippen molar-refractivity contribution in [3.05, 3.63) is 48.0 Å². The maximum absolute atomic E-state index is 11.5. The minimum absolute atomic E-state index is 0.154. The van der Waals surface area contributed by atoms with Crippen LogP contribution in [-0.2, 0) is 9.53 Å². The number of carbonyl (C=O) groups excluding carboxylic acids is 2. The molecule has 0 spiro atoms. The second-order valence-corrected chi connectivity index (χ2v) is 2.67. The van der Waals surface area contributed by atoms with Gasteiger partial charge in [-0.05, 0) is 0 Å². The summed E-state index contributed by atoms with van der Waals surface area (Å²) < 4.78 is 4.40. The first kappa shape index (κ1) is 10.2. The smallest absolute Gasteiger partial charge is 0.341 e. The highest BCUT2D eigenvalue weighted by Crippen LogP contribution is 2.07. The van der Waals surface area contributed by atoms with Crippen LogP contribution in [-0.4, -0.2) is 18.9 Å². The van der Waals surface area contributed by atoms with Gasteiger partial charge in [0.25, 0.3) is 0 Å². The third-order valence-electron chi connectivity index (χ3n) is 1.74. The van der Waals surface area contributed by atoms with Crippen LogP contribution >= 0.6 is 0 Å². The normalized spacial score (nSPS) is 9.21. The predicted molar refractivity (Wildman–Crippen MR) is 51.9 cm³/mol. The Morgan fingerprint density at radius 3 is 2.29 bits per heavy atom. The van der Waals surface area contributed by atoms with E-state index in [-0.39, 0.29) is 5.57 Å². The lowest BCUT2D eigenvalue weighted by atomic mass is 10.1. The van der Waals surface area contributed by atoms with E-state index < -0.39 is 11.8 Å². The lowest BCUT2D eigenvalue weighted by Crippen LogP contribution is -2.13. The van der Waals surface area contributed by atoms with Crippen LogP contribution in [0.3, 0.4) is 0 Å². The molecule has 14 heavy (non-hydrogen) atoms. The van der Waals surface area contributed by atoms with Gasteiger partial charge in [-0.1, -0.05) is 36.9 Å². The number of rotatable bonds is 3. The van der Waals surface area contributed by atoms with E-state index in [1.165, 1.54) is 7.11 Å². The standard InChI is InChI=1S/C11H10O3/c1-8(11(13)14-2)10(12)9-6-4-3-5-7-9/h3-7H,1H2,2H3. The van der Waals surface area contributed by atoms with Crippen LogP contribution in [0.2, 0.25) is 0 Å². The van der Waals surface area contributed by atoms with Gasteiger partial charge in [0.05, 0.1) is 7.11 Å². The number of methoxy groups -OCH3 is 1. The molecule has 0 aliphatic carbocycles. The van der Waals surface area contributed by atoms with E-state index in [1.54, 1.807) is 30.3 Å². The van der Waals surface area contributed by atoms with E-state index in [4.69, 9.17) is 0 Å². The summed E-state index contributed by atoms with van der Waals surface area (Å²) in [7, 11) is 1.21. The number of Topliss-reactive ketones (excluding diaryl/α,β-unsaturated/α-hetero) is 1. The van der Waals surface area contributed by atoms with Crippen molar-refractivity contribution in [2.45, 2.75) is 0 Å². The number of hydrogen-bond donors (Lipinski definition) is 0. The zero-order chi connectivity index (χ0) is 10.6. The fourth-order valence-corrected chi connectivity index (χ4v) is 0.980. The molecule has 1 aromatic carbocycles. The summed E-state index contributed by atoms with van der Waals surface area (Å²) in [6.45, 7) is 3.38. The third kappa shape index (κ3) is 2.07. The van der Waals surface area contributed by atoms with Gasteiger partial charge in [-0.25, -0.2) is 4.79 Å². The first-order valence-electron chi connectivity index (χ1n) is 4.03. The van der Waals surface area contributed by atoms with E-state index in [0.29, 0.717) is 5.56 Å². The molecule has 0 bridgehead atoms. The first-order valence-corrected chi connectivity index (χ1v) is 4.03. The Bertz CT molecular complexity index is 365. The van der Waals surface area contributed by atoms with Crippen LogP contribution < -0.4 is 0 Å². The number of ether oxygens (including phenoxy) is 1. The molecule has 0 aliphatic rings. The maximum Gasteiger partial charge on any atom is 0.341 e. The Morgan fingerprint density at radius 1 is 1.21 bits per heavy atom. The SMILES string of the molecule is C=C(C(=O)OC)C(=O)c1ccccc1. The number of carbonyl (C=O) groups is 2. The monoisotopic (exact) mass is 190 g/mol. The largest absolute Gasteiger partial charge is 0.465 e. The molecule has 0 atom stereocenters. The molecular weight excluding hydrogens is 180 g/mol. The van der Waals surface area contributed by atoms with Gasteiger partial charge in [0.1, 0.15) is 5.57 Å². The van der Waals surface area contributed by atoms with Crippen LogP contribution in [0.4, 0.5) is 0 Å². The zero-order valence-corrected chi connectivity index (χ0v) is 7.82. The van der Waals surface area contributed by atoms with E-state index in [1.807, 2.05) is 0 Å². The van der Waals surface area contributed by atoms with Crippen molar-refractivity contribution < 1.29 is 14.3 Å². The van der Waals surface area contributed by atoms with Crippen molar-refractivity contribution >= 4 is 11.8 Å². The average Bonchev–Trinajstić information content (AvgIpc) is 2.27. The van der Waals surface area contributed by atoms with Crippen molar-refractivity contribution in [1.29, 1.82) is 0 Å². The lowest BCUT2D eigenvalue weighted by Gasteiger charge is -2.01. The van der Waals surface area contributed by atoms with E-state index in [0.717, 1.165) is 0 Å². The van der Waals surface area contributed by atoms with Crippen LogP contribution in [0, 0.1) is 0 Å². The number of hydrogen-bond acceptors (Lipinski definition) is 3. The van der Waals surface area contributed by atoms with Gasteiger partial charge in [0, 0.05) is 5.56 Å². The molecule has 72 valence electrons. The molecule has 0 amide bonds. The fraction of sp³-hybridized carbons (Fsp3) is 0.0909. The summed E-state index contributed by atoms with van der Waals surface area (Å²) in [5.74, 6) is -1.10. The van der Waals surface area contributed by atoms with Crippen LogP contribution in [0.25, 0.3) is 0 Å². The molecule has 0 heterocycles. The highest BCUT2D eigenvalue weighted by molar-refractivity contribution is 6.23. The molecule has 3 heteroatoms. The van der Waals surface area contributed by atoms with Gasteiger partial charge in [-0.3, -0.25) is 4.79 Å². The van der Waals surface area contributed by atoms with Crippen LogP contribution in [0.5, 0.6) is 0 Å². The predicted octanol–water partition coefficient (Wildman–Crippen LogP) is 1.60. The molecule has 0 saturated carbocycles. The van der Waals surface area contributed by atoms with Crippen molar-refractivity contribution in [2.24, 2.45) is 0 Å². The van der Waals surface area contributed by atoms with Gasteiger partial charge in [0.15, 0.2) is 5.78 Å². The minimum atomic E-state index is -0.696. The second kappa shape index (κ2) is 4.37. The van der Waals surface area contributed by atoms with E-state index >= 15 is 0 Å². The van der Waals surface area contributed by atoms with Crippen molar-refractivity contribution in [1.82, 2.24) is 0 Å². The summed E-state index contributed by atoms with van der Waals surface area (Å²) in [6, 6.07) is 8.47. The lowest BCUT2D eigenvalue weighted by molar-refractivity contribution is -0.135. The second-order valence-electron chi connectivity index (χ2n) is 2.67. The fourth-order valence-electron chi connectivity index (χ4n) is 0.980. The van der Waals surface area contributed by atoms with Gasteiger partial charge >= 0.3 is 5.97 Å². The van der Waals surface area contributed by atoms with Crippen LogP contribution in [0.15, 0.2) is 42.5 Å². The molecule has 0 saturated heterocycles. The minimum Gasteiger partial charge on any atom is -0.465 e. The summed E-state index contributed by atoms with van der Waals surface area (Å²) in [5.41, 5.74) is 0.279. The Morgan fingerprint density at radius 2 is 1.79 bits per heavy atom. The molecular formula is C11H10O3. The van der Waals surface area contributed by atoms with Gasteiger partial charge in [-0.2, -0.15) is 0 Å². The Hall–Kier alpha value is -1.90. The molecule has 0 aliphatic heterocycles. The average molecular weight is 190 g/mol. The quantitative estimate of drug-likeness (QED) is 0.239. The molecule has 0 N–H and O–H groups in total. The van der Waals surface area contributed by atoms with Crippen molar-refractivity contribution in [3.63, 3.8) is 0 Å². The molecule has 1 rings (SSSR count). The molecule has 0 aromatic heterocycles. The van der Waals surface area contributed by atoms with Gasteiger partial charge in [0.2, 0.25) is 0 Å². The van der Waals surface area contributed by atoms with Crippen molar-refractivity contribution in [2.75, 3.05) is 7.11 Å². The molecule has 0 radical (unpaired) electrons. The Labute approximate surface area is 82.0 Å². The summed E-state index contributed by atoms with van der Waals surface area (Å²) in [6.07, 6.45) is 0. The number of esters is 1. The number of ketones is 1. The topological polar surface area (TPSA) is 43.4 Å². The maximum atomic E-state index is 11.5. The third-order valence-corrected chi connectivity index (χ3v) is 1.74. The molecule has 0 unspecified atom stereocenters.